The Bertz CT molecular complexity index is 564. The largest absolute Gasteiger partial charge is 0.370 e. The van der Waals surface area contributed by atoms with Gasteiger partial charge < -0.3 is 11.5 Å². The van der Waals surface area contributed by atoms with Gasteiger partial charge in [0, 0.05) is 6.54 Å². The van der Waals surface area contributed by atoms with Gasteiger partial charge in [-0.15, -0.1) is 0 Å². The van der Waals surface area contributed by atoms with E-state index in [1.807, 2.05) is 24.3 Å². The Balaban J connectivity index is 2.15. The molecule has 0 aliphatic carbocycles. The average molecular weight is 268 g/mol. The number of para-hydroxylation sites is 1. The molecule has 1 aliphatic heterocycles. The number of nitrogens with two attached hydrogens (primary N) is 2. The number of rotatable bonds is 4. The zero-order chi connectivity index (χ0) is 13.2. The van der Waals surface area contributed by atoms with Gasteiger partial charge in [-0.1, -0.05) is 18.2 Å². The maximum Gasteiger partial charge on any atom is 0.237 e. The minimum atomic E-state index is -3.35. The molecule has 0 saturated carbocycles. The molecule has 0 bridgehead atoms. The molecule has 0 spiro atoms. The molecule has 4 N–H and O–H groups in total. The van der Waals surface area contributed by atoms with Gasteiger partial charge in [-0.05, 0) is 18.1 Å². The van der Waals surface area contributed by atoms with E-state index in [2.05, 4.69) is 4.99 Å². The molecule has 1 heterocycles. The minimum Gasteiger partial charge on any atom is -0.370 e. The van der Waals surface area contributed by atoms with Crippen molar-refractivity contribution in [3.63, 3.8) is 0 Å². The molecule has 0 unspecified atom stereocenters. The number of nitrogens with zero attached hydrogens (tertiary/aromatic N) is 2. The predicted octanol–water partition coefficient (Wildman–Crippen LogP) is -0.348. The van der Waals surface area contributed by atoms with Crippen LogP contribution >= 0.6 is 0 Å². The fourth-order valence-corrected chi connectivity index (χ4v) is 3.39. The van der Waals surface area contributed by atoms with Gasteiger partial charge in [-0.3, -0.25) is 9.30 Å². The van der Waals surface area contributed by atoms with Crippen LogP contribution in [-0.4, -0.2) is 33.2 Å². The molecular weight excluding hydrogens is 252 g/mol. The molecular formula is C11H16N4O2S. The number of fused-ring (bicyclic) bond motifs is 1. The van der Waals surface area contributed by atoms with E-state index in [1.165, 1.54) is 4.31 Å². The van der Waals surface area contributed by atoms with E-state index in [-0.39, 0.29) is 18.3 Å². The Hall–Kier alpha value is -1.76. The molecule has 0 fully saturated rings. The summed E-state index contributed by atoms with van der Waals surface area (Å²) in [6.45, 7) is 0.576. The molecule has 1 aromatic carbocycles. The van der Waals surface area contributed by atoms with Crippen molar-refractivity contribution in [3.8, 4) is 0 Å². The van der Waals surface area contributed by atoms with Crippen molar-refractivity contribution in [2.45, 2.75) is 6.42 Å². The van der Waals surface area contributed by atoms with E-state index < -0.39 is 10.0 Å². The van der Waals surface area contributed by atoms with Crippen LogP contribution in [0.4, 0.5) is 5.69 Å². The first-order valence-electron chi connectivity index (χ1n) is 5.64. The molecule has 0 atom stereocenters. The van der Waals surface area contributed by atoms with Crippen LogP contribution in [0.25, 0.3) is 0 Å². The highest BCUT2D eigenvalue weighted by molar-refractivity contribution is 7.92. The van der Waals surface area contributed by atoms with E-state index in [1.54, 1.807) is 0 Å². The van der Waals surface area contributed by atoms with Crippen molar-refractivity contribution in [1.29, 1.82) is 0 Å². The van der Waals surface area contributed by atoms with E-state index in [4.69, 9.17) is 11.5 Å². The van der Waals surface area contributed by atoms with Crippen molar-refractivity contribution < 1.29 is 8.42 Å². The lowest BCUT2D eigenvalue weighted by molar-refractivity contribution is 0.592. The summed E-state index contributed by atoms with van der Waals surface area (Å²) in [5, 5.41) is 0. The smallest absolute Gasteiger partial charge is 0.237 e. The molecule has 98 valence electrons. The molecule has 0 saturated heterocycles. The lowest BCUT2D eigenvalue weighted by Gasteiger charge is -2.18. The van der Waals surface area contributed by atoms with Gasteiger partial charge in [0.25, 0.3) is 0 Å². The van der Waals surface area contributed by atoms with E-state index in [9.17, 15) is 8.42 Å². The number of anilines is 1. The van der Waals surface area contributed by atoms with Crippen LogP contribution in [0.2, 0.25) is 0 Å². The summed E-state index contributed by atoms with van der Waals surface area (Å²) < 4.78 is 25.7. The number of hydrogen-bond donors (Lipinski definition) is 2. The highest BCUT2D eigenvalue weighted by Crippen LogP contribution is 2.29. The standard InChI is InChI=1S/C11H16N4O2S/c12-11(13)14-6-8-18(16,17)15-7-5-9-3-1-2-4-10(9)15/h1-4H,5-8H2,(H4,12,13,14). The fourth-order valence-electron chi connectivity index (χ4n) is 2.00. The second-order valence-corrected chi connectivity index (χ2v) is 6.09. The van der Waals surface area contributed by atoms with Crippen LogP contribution in [0.3, 0.4) is 0 Å². The first kappa shape index (κ1) is 12.7. The van der Waals surface area contributed by atoms with Gasteiger partial charge >= 0.3 is 0 Å². The molecule has 2 rings (SSSR count). The Morgan fingerprint density at radius 2 is 2.06 bits per heavy atom. The van der Waals surface area contributed by atoms with Crippen molar-refractivity contribution in [1.82, 2.24) is 0 Å². The van der Waals surface area contributed by atoms with Gasteiger partial charge in [-0.2, -0.15) is 0 Å². The van der Waals surface area contributed by atoms with Crippen LogP contribution in [0.5, 0.6) is 0 Å². The van der Waals surface area contributed by atoms with Crippen molar-refractivity contribution in [2.24, 2.45) is 16.5 Å². The Morgan fingerprint density at radius 3 is 2.78 bits per heavy atom. The second kappa shape index (κ2) is 4.85. The molecule has 0 amide bonds. The highest BCUT2D eigenvalue weighted by Gasteiger charge is 2.28. The predicted molar refractivity (Wildman–Crippen MR) is 72.0 cm³/mol. The zero-order valence-electron chi connectivity index (χ0n) is 9.91. The summed E-state index contributed by atoms with van der Waals surface area (Å²) in [6, 6.07) is 7.51. The third-order valence-electron chi connectivity index (χ3n) is 2.82. The third kappa shape index (κ3) is 2.56. The number of sulfonamides is 1. The maximum atomic E-state index is 12.2. The van der Waals surface area contributed by atoms with Gasteiger partial charge in [-0.25, -0.2) is 8.42 Å². The molecule has 7 heteroatoms. The highest BCUT2D eigenvalue weighted by atomic mass is 32.2. The van der Waals surface area contributed by atoms with Gasteiger partial charge in [0.2, 0.25) is 10.0 Å². The van der Waals surface area contributed by atoms with Crippen LogP contribution in [-0.2, 0) is 16.4 Å². The molecule has 1 aliphatic rings. The lowest BCUT2D eigenvalue weighted by atomic mass is 10.2. The number of hydrogen-bond acceptors (Lipinski definition) is 3. The SMILES string of the molecule is NC(N)=NCCS(=O)(=O)N1CCc2ccccc21. The van der Waals surface area contributed by atoms with Gasteiger partial charge in [0.1, 0.15) is 0 Å². The van der Waals surface area contributed by atoms with E-state index >= 15 is 0 Å². The van der Waals surface area contributed by atoms with Crippen molar-refractivity contribution >= 4 is 21.7 Å². The lowest BCUT2D eigenvalue weighted by Crippen LogP contribution is -2.33. The first-order valence-corrected chi connectivity index (χ1v) is 7.25. The molecule has 1 aromatic rings. The van der Waals surface area contributed by atoms with Crippen molar-refractivity contribution in [3.05, 3.63) is 29.8 Å². The Kier molecular flexibility index (Phi) is 3.42. The molecule has 0 aromatic heterocycles. The monoisotopic (exact) mass is 268 g/mol. The first-order chi connectivity index (χ1) is 8.50. The number of benzene rings is 1. The summed E-state index contributed by atoms with van der Waals surface area (Å²) in [4.78, 5) is 3.70. The normalized spacial score (nSPS) is 14.3. The topological polar surface area (TPSA) is 102 Å². The molecule has 0 radical (unpaired) electrons. The molecule has 18 heavy (non-hydrogen) atoms. The summed E-state index contributed by atoms with van der Waals surface area (Å²) in [6.07, 6.45) is 0.748. The summed E-state index contributed by atoms with van der Waals surface area (Å²) in [5.74, 6) is -0.175. The average Bonchev–Trinajstić information content (AvgIpc) is 2.72. The maximum absolute atomic E-state index is 12.2. The zero-order valence-corrected chi connectivity index (χ0v) is 10.7. The van der Waals surface area contributed by atoms with Crippen LogP contribution < -0.4 is 15.8 Å². The van der Waals surface area contributed by atoms with Crippen LogP contribution in [0.1, 0.15) is 5.56 Å². The summed E-state index contributed by atoms with van der Waals surface area (Å²) in [5.41, 5.74) is 12.2. The van der Waals surface area contributed by atoms with E-state index in [0.29, 0.717) is 6.54 Å². The number of guanidine groups is 1. The van der Waals surface area contributed by atoms with Crippen LogP contribution in [0, 0.1) is 0 Å². The summed E-state index contributed by atoms with van der Waals surface area (Å²) in [7, 11) is -3.35. The Labute approximate surface area is 106 Å². The van der Waals surface area contributed by atoms with Crippen LogP contribution in [0.15, 0.2) is 29.3 Å². The third-order valence-corrected chi connectivity index (χ3v) is 4.57. The molecule has 6 nitrogen and oxygen atoms in total. The second-order valence-electron chi connectivity index (χ2n) is 4.07. The van der Waals surface area contributed by atoms with E-state index in [0.717, 1.165) is 17.7 Å². The Morgan fingerprint density at radius 1 is 1.33 bits per heavy atom. The number of aliphatic imine (C=N–C) groups is 1. The summed E-state index contributed by atoms with van der Waals surface area (Å²) >= 11 is 0. The quantitative estimate of drug-likeness (QED) is 0.575. The van der Waals surface area contributed by atoms with Gasteiger partial charge in [0.05, 0.1) is 18.0 Å². The minimum absolute atomic E-state index is 0.0841. The van der Waals surface area contributed by atoms with Crippen molar-refractivity contribution in [2.75, 3.05) is 23.1 Å². The fraction of sp³-hybridized carbons (Fsp3) is 0.364. The van der Waals surface area contributed by atoms with Gasteiger partial charge in [0.15, 0.2) is 5.96 Å².